The Hall–Kier alpha value is -2.21. The predicted octanol–water partition coefficient (Wildman–Crippen LogP) is 2.72. The zero-order chi connectivity index (χ0) is 14.5. The third-order valence-corrected chi connectivity index (χ3v) is 3.04. The highest BCUT2D eigenvalue weighted by Gasteiger charge is 2.13. The fourth-order valence-corrected chi connectivity index (χ4v) is 2.13. The number of carboxylic acid groups (broad SMARTS) is 1. The van der Waals surface area contributed by atoms with Crippen molar-refractivity contribution >= 4 is 33.6 Å². The van der Waals surface area contributed by atoms with Gasteiger partial charge in [-0.25, -0.2) is 9.78 Å². The molecule has 0 atom stereocenters. The molecule has 0 fully saturated rings. The number of nitrogens with zero attached hydrogens (tertiary/aromatic N) is 1. The van der Waals surface area contributed by atoms with Gasteiger partial charge in [0.15, 0.2) is 0 Å². The van der Waals surface area contributed by atoms with Crippen molar-refractivity contribution in [3.05, 3.63) is 58.2 Å². The molecule has 0 aliphatic rings. The molecule has 1 amide bonds. The van der Waals surface area contributed by atoms with E-state index in [2.05, 4.69) is 26.2 Å². The van der Waals surface area contributed by atoms with Crippen molar-refractivity contribution in [3.8, 4) is 0 Å². The van der Waals surface area contributed by atoms with Crippen LogP contribution >= 0.6 is 15.9 Å². The first-order valence-electron chi connectivity index (χ1n) is 5.79. The lowest BCUT2D eigenvalue weighted by Crippen LogP contribution is -2.17. The Kier molecular flexibility index (Phi) is 4.47. The number of carbonyl (C=O) groups excluding carboxylic acids is 1. The maximum absolute atomic E-state index is 11.9. The molecular weight excluding hydrogens is 324 g/mol. The zero-order valence-electron chi connectivity index (χ0n) is 10.3. The zero-order valence-corrected chi connectivity index (χ0v) is 11.9. The molecular formula is C14H11BrN2O3. The number of hydrogen-bond donors (Lipinski definition) is 2. The Bertz CT molecular complexity index is 658. The first kappa shape index (κ1) is 14.2. The summed E-state index contributed by atoms with van der Waals surface area (Å²) in [6.07, 6.45) is 1.58. The van der Waals surface area contributed by atoms with Crippen LogP contribution in [0.25, 0.3) is 0 Å². The van der Waals surface area contributed by atoms with Crippen molar-refractivity contribution in [1.29, 1.82) is 0 Å². The van der Waals surface area contributed by atoms with E-state index >= 15 is 0 Å². The molecule has 0 saturated heterocycles. The molecule has 6 heteroatoms. The second-order valence-electron chi connectivity index (χ2n) is 4.06. The summed E-state index contributed by atoms with van der Waals surface area (Å²) in [4.78, 5) is 26.8. The molecule has 1 aromatic heterocycles. The normalized spacial score (nSPS) is 10.1. The maximum atomic E-state index is 11.9. The van der Waals surface area contributed by atoms with Crippen molar-refractivity contribution in [2.24, 2.45) is 0 Å². The first-order valence-corrected chi connectivity index (χ1v) is 6.58. The highest BCUT2D eigenvalue weighted by molar-refractivity contribution is 9.10. The summed E-state index contributed by atoms with van der Waals surface area (Å²) < 4.78 is 0.881. The fraction of sp³-hybridized carbons (Fsp3) is 0.0714. The Morgan fingerprint density at radius 3 is 2.75 bits per heavy atom. The van der Waals surface area contributed by atoms with Gasteiger partial charge in [0.2, 0.25) is 5.91 Å². The van der Waals surface area contributed by atoms with E-state index in [9.17, 15) is 9.59 Å². The van der Waals surface area contributed by atoms with Crippen LogP contribution in [0.15, 0.2) is 47.1 Å². The van der Waals surface area contributed by atoms with Crippen LogP contribution in [0, 0.1) is 0 Å². The molecule has 20 heavy (non-hydrogen) atoms. The smallest absolute Gasteiger partial charge is 0.339 e. The maximum Gasteiger partial charge on any atom is 0.339 e. The van der Waals surface area contributed by atoms with Gasteiger partial charge in [-0.1, -0.05) is 28.1 Å². The molecule has 102 valence electrons. The minimum Gasteiger partial charge on any atom is -0.478 e. The van der Waals surface area contributed by atoms with Crippen LogP contribution in [0.2, 0.25) is 0 Å². The van der Waals surface area contributed by atoms with E-state index < -0.39 is 5.97 Å². The second kappa shape index (κ2) is 6.29. The van der Waals surface area contributed by atoms with Crippen molar-refractivity contribution in [2.45, 2.75) is 6.42 Å². The van der Waals surface area contributed by atoms with Crippen LogP contribution in [0.3, 0.4) is 0 Å². The van der Waals surface area contributed by atoms with Gasteiger partial charge in [-0.3, -0.25) is 4.79 Å². The predicted molar refractivity (Wildman–Crippen MR) is 77.7 cm³/mol. The van der Waals surface area contributed by atoms with E-state index in [4.69, 9.17) is 5.11 Å². The van der Waals surface area contributed by atoms with Crippen molar-refractivity contribution in [3.63, 3.8) is 0 Å². The van der Waals surface area contributed by atoms with E-state index in [1.54, 1.807) is 0 Å². The summed E-state index contributed by atoms with van der Waals surface area (Å²) in [7, 11) is 0. The topological polar surface area (TPSA) is 79.3 Å². The number of amides is 1. The van der Waals surface area contributed by atoms with Gasteiger partial charge in [0.25, 0.3) is 0 Å². The highest BCUT2D eigenvalue weighted by atomic mass is 79.9. The van der Waals surface area contributed by atoms with E-state index in [0.29, 0.717) is 0 Å². The van der Waals surface area contributed by atoms with E-state index in [1.165, 1.54) is 18.3 Å². The standard InChI is InChI=1S/C14H11BrN2O3/c15-10-4-1-3-9(7-10)8-12(18)17-13-11(14(19)20)5-2-6-16-13/h1-7H,8H2,(H,19,20)(H,16,17,18). The van der Waals surface area contributed by atoms with Gasteiger partial charge in [-0.2, -0.15) is 0 Å². The lowest BCUT2D eigenvalue weighted by Gasteiger charge is -2.07. The molecule has 2 rings (SSSR count). The van der Waals surface area contributed by atoms with Gasteiger partial charge in [-0.15, -0.1) is 0 Å². The largest absolute Gasteiger partial charge is 0.478 e. The van der Waals surface area contributed by atoms with Gasteiger partial charge >= 0.3 is 5.97 Å². The number of halogens is 1. The molecule has 1 heterocycles. The minimum absolute atomic E-state index is 0.0323. The third kappa shape index (κ3) is 3.64. The molecule has 0 spiro atoms. The number of hydrogen-bond acceptors (Lipinski definition) is 3. The molecule has 0 saturated carbocycles. The van der Waals surface area contributed by atoms with Crippen LogP contribution in [-0.4, -0.2) is 22.0 Å². The SMILES string of the molecule is O=C(Cc1cccc(Br)c1)Nc1ncccc1C(=O)O. The number of aromatic carboxylic acids is 1. The van der Waals surface area contributed by atoms with Crippen LogP contribution in [0.4, 0.5) is 5.82 Å². The number of carboxylic acids is 1. The fourth-order valence-electron chi connectivity index (χ4n) is 1.69. The number of benzene rings is 1. The lowest BCUT2D eigenvalue weighted by atomic mass is 10.1. The van der Waals surface area contributed by atoms with Gasteiger partial charge in [-0.05, 0) is 29.8 Å². The van der Waals surface area contributed by atoms with E-state index in [-0.39, 0.29) is 23.7 Å². The third-order valence-electron chi connectivity index (χ3n) is 2.55. The second-order valence-corrected chi connectivity index (χ2v) is 4.98. The molecule has 0 unspecified atom stereocenters. The Morgan fingerprint density at radius 1 is 1.25 bits per heavy atom. The summed E-state index contributed by atoms with van der Waals surface area (Å²) in [5, 5.41) is 11.5. The van der Waals surface area contributed by atoms with Crippen LogP contribution in [0.5, 0.6) is 0 Å². The molecule has 0 aliphatic heterocycles. The number of carbonyl (C=O) groups is 2. The molecule has 0 bridgehead atoms. The molecule has 1 aromatic carbocycles. The van der Waals surface area contributed by atoms with Crippen molar-refractivity contribution in [2.75, 3.05) is 5.32 Å². The molecule has 0 aliphatic carbocycles. The van der Waals surface area contributed by atoms with Crippen molar-refractivity contribution in [1.82, 2.24) is 4.98 Å². The van der Waals surface area contributed by atoms with Gasteiger partial charge in [0.05, 0.1) is 6.42 Å². The first-order chi connectivity index (χ1) is 9.56. The van der Waals surface area contributed by atoms with Gasteiger partial charge in [0, 0.05) is 10.7 Å². The lowest BCUT2D eigenvalue weighted by molar-refractivity contribution is -0.115. The van der Waals surface area contributed by atoms with Crippen LogP contribution < -0.4 is 5.32 Å². The van der Waals surface area contributed by atoms with Crippen molar-refractivity contribution < 1.29 is 14.7 Å². The Morgan fingerprint density at radius 2 is 2.05 bits per heavy atom. The highest BCUT2D eigenvalue weighted by Crippen LogP contribution is 2.14. The Labute approximate surface area is 123 Å². The number of rotatable bonds is 4. The number of pyridine rings is 1. The molecule has 2 aromatic rings. The van der Waals surface area contributed by atoms with Crippen LogP contribution in [-0.2, 0) is 11.2 Å². The Balaban J connectivity index is 2.11. The van der Waals surface area contributed by atoms with Gasteiger partial charge < -0.3 is 10.4 Å². The quantitative estimate of drug-likeness (QED) is 0.900. The molecule has 0 radical (unpaired) electrons. The summed E-state index contributed by atoms with van der Waals surface area (Å²) in [5.41, 5.74) is 0.791. The number of anilines is 1. The summed E-state index contributed by atoms with van der Waals surface area (Å²) >= 11 is 3.33. The molecule has 2 N–H and O–H groups in total. The average molecular weight is 335 g/mol. The summed E-state index contributed by atoms with van der Waals surface area (Å²) in [5.74, 6) is -1.39. The monoisotopic (exact) mass is 334 g/mol. The van der Waals surface area contributed by atoms with E-state index in [1.807, 2.05) is 24.3 Å². The number of nitrogens with one attached hydrogen (secondary N) is 1. The minimum atomic E-state index is -1.13. The summed E-state index contributed by atoms with van der Waals surface area (Å²) in [6.45, 7) is 0. The number of aromatic nitrogens is 1. The van der Waals surface area contributed by atoms with Gasteiger partial charge in [0.1, 0.15) is 11.4 Å². The van der Waals surface area contributed by atoms with Crippen LogP contribution in [0.1, 0.15) is 15.9 Å². The van der Waals surface area contributed by atoms with E-state index in [0.717, 1.165) is 10.0 Å². The molecule has 5 nitrogen and oxygen atoms in total. The average Bonchev–Trinajstić information content (AvgIpc) is 2.38. The summed E-state index contributed by atoms with van der Waals surface area (Å²) in [6, 6.07) is 10.2.